The second-order valence-electron chi connectivity index (χ2n) is 7.82. The molecule has 1 aromatic carbocycles. The van der Waals surface area contributed by atoms with E-state index >= 15 is 0 Å². The van der Waals surface area contributed by atoms with Gasteiger partial charge in [-0.05, 0) is 48.2 Å². The Morgan fingerprint density at radius 1 is 1.26 bits per heavy atom. The zero-order chi connectivity index (χ0) is 20.7. The Kier molecular flexibility index (Phi) is 7.94. The largest absolute Gasteiger partial charge is 0.477 e. The molecule has 0 radical (unpaired) electrons. The number of aromatic amines is 1. The number of halogens is 2. The number of nitrogens with two attached hydrogens (primary N) is 1. The van der Waals surface area contributed by atoms with E-state index in [1.807, 2.05) is 19.1 Å². The predicted molar refractivity (Wildman–Crippen MR) is 128 cm³/mol. The molecule has 1 aliphatic rings. The lowest BCUT2D eigenvalue weighted by Gasteiger charge is -2.15. The quantitative estimate of drug-likeness (QED) is 0.535. The van der Waals surface area contributed by atoms with Crippen LogP contribution in [0.4, 0.5) is 0 Å². The van der Waals surface area contributed by atoms with Gasteiger partial charge in [0.15, 0.2) is 0 Å². The van der Waals surface area contributed by atoms with Crippen LogP contribution in [-0.4, -0.2) is 44.7 Å². The molecule has 0 bridgehead atoms. The monoisotopic (exact) mass is 466 g/mol. The smallest absolute Gasteiger partial charge is 0.341 e. The molecule has 4 rings (SSSR count). The number of benzene rings is 1. The number of H-pyrrole nitrogens is 1. The molecule has 2 aromatic heterocycles. The molecular formula is C22H28Cl2N4O3. The van der Waals surface area contributed by atoms with E-state index in [0.29, 0.717) is 12.1 Å². The zero-order valence-corrected chi connectivity index (χ0v) is 19.2. The van der Waals surface area contributed by atoms with Crippen molar-refractivity contribution >= 4 is 41.7 Å². The number of aryl methyl sites for hydroxylation is 2. The van der Waals surface area contributed by atoms with Gasteiger partial charge in [0.25, 0.3) is 5.56 Å². The van der Waals surface area contributed by atoms with Crippen molar-refractivity contribution in [2.24, 2.45) is 12.8 Å². The Bertz CT molecular complexity index is 1160. The van der Waals surface area contributed by atoms with Crippen LogP contribution in [0, 0.1) is 0 Å². The summed E-state index contributed by atoms with van der Waals surface area (Å²) in [5, 5.41) is 10.3. The van der Waals surface area contributed by atoms with Crippen LogP contribution in [-0.2, 0) is 20.0 Å². The molecule has 9 heteroatoms. The van der Waals surface area contributed by atoms with Gasteiger partial charge in [-0.2, -0.15) is 0 Å². The van der Waals surface area contributed by atoms with Gasteiger partial charge in [0.05, 0.1) is 5.69 Å². The SMILES string of the molecule is CCc1cc(C(=O)O)c(=O)[nH]c1-c1ccc2c(c1)cc(CN1CC[C@H](N)C1)n2C.Cl.Cl. The van der Waals surface area contributed by atoms with E-state index in [1.165, 1.54) is 11.8 Å². The zero-order valence-electron chi connectivity index (χ0n) is 17.6. The highest BCUT2D eigenvalue weighted by Crippen LogP contribution is 2.28. The summed E-state index contributed by atoms with van der Waals surface area (Å²) in [6.07, 6.45) is 1.66. The minimum Gasteiger partial charge on any atom is -0.477 e. The number of aromatic carboxylic acids is 1. The van der Waals surface area contributed by atoms with Crippen molar-refractivity contribution in [2.75, 3.05) is 13.1 Å². The lowest BCUT2D eigenvalue weighted by atomic mass is 10.0. The van der Waals surface area contributed by atoms with Crippen molar-refractivity contribution in [3.8, 4) is 11.3 Å². The van der Waals surface area contributed by atoms with Gasteiger partial charge in [-0.1, -0.05) is 13.0 Å². The third-order valence-corrected chi connectivity index (χ3v) is 5.86. The van der Waals surface area contributed by atoms with Crippen LogP contribution in [0.2, 0.25) is 0 Å². The first kappa shape index (κ1) is 24.9. The first-order chi connectivity index (χ1) is 13.9. The van der Waals surface area contributed by atoms with Gasteiger partial charge in [0, 0.05) is 49.3 Å². The highest BCUT2D eigenvalue weighted by Gasteiger charge is 2.21. The number of fused-ring (bicyclic) bond motifs is 1. The lowest BCUT2D eigenvalue weighted by Crippen LogP contribution is -2.26. The molecule has 0 unspecified atom stereocenters. The van der Waals surface area contributed by atoms with Gasteiger partial charge >= 0.3 is 5.97 Å². The van der Waals surface area contributed by atoms with Crippen molar-refractivity contribution in [1.29, 1.82) is 0 Å². The van der Waals surface area contributed by atoms with Gasteiger partial charge in [-0.25, -0.2) is 4.79 Å². The molecule has 0 saturated carbocycles. The Morgan fingerprint density at radius 3 is 2.61 bits per heavy atom. The van der Waals surface area contributed by atoms with Gasteiger partial charge in [-0.15, -0.1) is 24.8 Å². The molecule has 3 heterocycles. The molecule has 0 spiro atoms. The summed E-state index contributed by atoms with van der Waals surface area (Å²) in [4.78, 5) is 28.6. The highest BCUT2D eigenvalue weighted by molar-refractivity contribution is 5.89. The minimum atomic E-state index is -1.21. The first-order valence-electron chi connectivity index (χ1n) is 9.93. The number of likely N-dealkylation sites (tertiary alicyclic amines) is 1. The Labute approximate surface area is 193 Å². The topological polar surface area (TPSA) is 104 Å². The van der Waals surface area contributed by atoms with E-state index in [9.17, 15) is 14.7 Å². The molecule has 3 aromatic rings. The Balaban J connectivity index is 0.00000171. The number of nitrogens with zero attached hydrogens (tertiary/aromatic N) is 2. The van der Waals surface area contributed by atoms with Crippen LogP contribution in [0.5, 0.6) is 0 Å². The molecule has 0 aliphatic carbocycles. The van der Waals surface area contributed by atoms with Crippen LogP contribution in [0.1, 0.15) is 35.0 Å². The molecule has 7 nitrogen and oxygen atoms in total. The average molecular weight is 467 g/mol. The normalized spacial score (nSPS) is 16.2. The van der Waals surface area contributed by atoms with E-state index in [0.717, 1.165) is 48.1 Å². The fourth-order valence-corrected chi connectivity index (χ4v) is 4.22. The average Bonchev–Trinajstić information content (AvgIpc) is 3.24. The lowest BCUT2D eigenvalue weighted by molar-refractivity contribution is 0.0695. The molecular weight excluding hydrogens is 439 g/mol. The number of carboxylic acids is 1. The number of carboxylic acid groups (broad SMARTS) is 1. The molecule has 0 amide bonds. The number of pyridine rings is 1. The van der Waals surface area contributed by atoms with Crippen molar-refractivity contribution < 1.29 is 9.90 Å². The summed E-state index contributed by atoms with van der Waals surface area (Å²) in [5.41, 5.74) is 9.93. The van der Waals surface area contributed by atoms with Crippen LogP contribution >= 0.6 is 24.8 Å². The molecule has 31 heavy (non-hydrogen) atoms. The summed E-state index contributed by atoms with van der Waals surface area (Å²) in [7, 11) is 2.06. The van der Waals surface area contributed by atoms with Crippen molar-refractivity contribution in [3.05, 3.63) is 57.5 Å². The first-order valence-corrected chi connectivity index (χ1v) is 9.93. The second-order valence-corrected chi connectivity index (χ2v) is 7.82. The summed E-state index contributed by atoms with van der Waals surface area (Å²) in [5.74, 6) is -1.21. The van der Waals surface area contributed by atoms with Gasteiger partial charge in [0.2, 0.25) is 0 Å². The molecule has 168 valence electrons. The predicted octanol–water partition coefficient (Wildman–Crippen LogP) is 3.17. The Hall–Kier alpha value is -2.32. The number of hydrogen-bond acceptors (Lipinski definition) is 4. The van der Waals surface area contributed by atoms with Gasteiger partial charge in [-0.3, -0.25) is 9.69 Å². The van der Waals surface area contributed by atoms with E-state index in [1.54, 1.807) is 0 Å². The van der Waals surface area contributed by atoms with Crippen molar-refractivity contribution in [3.63, 3.8) is 0 Å². The van der Waals surface area contributed by atoms with Crippen molar-refractivity contribution in [1.82, 2.24) is 14.5 Å². The van der Waals surface area contributed by atoms with Gasteiger partial charge < -0.3 is 20.4 Å². The molecule has 1 aliphatic heterocycles. The third kappa shape index (κ3) is 4.80. The van der Waals surface area contributed by atoms with Crippen LogP contribution < -0.4 is 11.3 Å². The van der Waals surface area contributed by atoms with E-state index < -0.39 is 11.5 Å². The fraction of sp³-hybridized carbons (Fsp3) is 0.364. The number of aromatic nitrogens is 2. The van der Waals surface area contributed by atoms with E-state index in [2.05, 4.69) is 33.6 Å². The van der Waals surface area contributed by atoms with E-state index in [4.69, 9.17) is 5.73 Å². The number of rotatable bonds is 5. The standard InChI is InChI=1S/C22H26N4O3.2ClH/c1-3-13-10-18(22(28)29)21(27)24-20(13)14-4-5-19-15(8-14)9-17(25(19)2)12-26-7-6-16(23)11-26;;/h4-5,8-10,16H,3,6-7,11-12,23H2,1-2H3,(H,24,27)(H,28,29);2*1H/t16-;;/m0../s1. The maximum absolute atomic E-state index is 12.2. The van der Waals surface area contributed by atoms with Crippen LogP contribution in [0.3, 0.4) is 0 Å². The minimum absolute atomic E-state index is 0. The van der Waals surface area contributed by atoms with Crippen LogP contribution in [0.25, 0.3) is 22.2 Å². The summed E-state index contributed by atoms with van der Waals surface area (Å²) in [6.45, 7) is 4.75. The maximum atomic E-state index is 12.2. The third-order valence-electron chi connectivity index (χ3n) is 5.86. The highest BCUT2D eigenvalue weighted by atomic mass is 35.5. The number of nitrogens with one attached hydrogen (secondary N) is 1. The summed E-state index contributed by atoms with van der Waals surface area (Å²) < 4.78 is 2.19. The summed E-state index contributed by atoms with van der Waals surface area (Å²) in [6, 6.07) is 10.00. The molecule has 1 atom stereocenters. The number of hydrogen-bond donors (Lipinski definition) is 3. The summed E-state index contributed by atoms with van der Waals surface area (Å²) >= 11 is 0. The molecule has 4 N–H and O–H groups in total. The van der Waals surface area contributed by atoms with Crippen LogP contribution in [0.15, 0.2) is 35.1 Å². The Morgan fingerprint density at radius 2 is 2.00 bits per heavy atom. The second kappa shape index (κ2) is 9.87. The molecule has 1 fully saturated rings. The molecule has 1 saturated heterocycles. The fourth-order valence-electron chi connectivity index (χ4n) is 4.22. The number of carbonyl (C=O) groups is 1. The van der Waals surface area contributed by atoms with E-state index in [-0.39, 0.29) is 36.4 Å². The van der Waals surface area contributed by atoms with Crippen molar-refractivity contribution in [2.45, 2.75) is 32.4 Å². The maximum Gasteiger partial charge on any atom is 0.341 e. The van der Waals surface area contributed by atoms with Gasteiger partial charge in [0.1, 0.15) is 5.56 Å².